The Morgan fingerprint density at radius 3 is 2.29 bits per heavy atom. The van der Waals surface area contributed by atoms with Gasteiger partial charge in [-0.15, -0.1) is 0 Å². The van der Waals surface area contributed by atoms with Gasteiger partial charge in [0.2, 0.25) is 5.95 Å². The molecule has 0 radical (unpaired) electrons. The Kier molecular flexibility index (Phi) is 7.03. The Morgan fingerprint density at radius 2 is 1.55 bits per heavy atom. The fourth-order valence-electron chi connectivity index (χ4n) is 6.62. The van der Waals surface area contributed by atoms with Crippen molar-refractivity contribution >= 4 is 23.6 Å². The lowest BCUT2D eigenvalue weighted by Crippen LogP contribution is -2.45. The van der Waals surface area contributed by atoms with Gasteiger partial charge >= 0.3 is 6.03 Å². The van der Waals surface area contributed by atoms with Crippen LogP contribution in [-0.2, 0) is 13.0 Å². The Hall–Kier alpha value is -3.07. The van der Waals surface area contributed by atoms with Crippen molar-refractivity contribution in [3.8, 4) is 0 Å². The summed E-state index contributed by atoms with van der Waals surface area (Å²) in [5.41, 5.74) is 10.4. The molecule has 1 unspecified atom stereocenters. The number of piperazine rings is 1. The van der Waals surface area contributed by atoms with Crippen molar-refractivity contribution in [1.29, 1.82) is 0 Å². The van der Waals surface area contributed by atoms with Crippen LogP contribution in [-0.4, -0.2) is 96.1 Å². The fraction of sp³-hybridized carbons (Fsp3) is 0.621. The number of carbonyl (C=O) groups is 1. The Labute approximate surface area is 226 Å². The molecule has 4 aliphatic rings. The van der Waals surface area contributed by atoms with Crippen LogP contribution in [0, 0.1) is 0 Å². The minimum Gasteiger partial charge on any atom is -0.368 e. The number of carbonyl (C=O) groups excluding carboxylic acids is 1. The third kappa shape index (κ3) is 5.13. The van der Waals surface area contributed by atoms with Gasteiger partial charge in [-0.05, 0) is 68.7 Å². The summed E-state index contributed by atoms with van der Waals surface area (Å²) in [5.74, 6) is 2.71. The van der Waals surface area contributed by atoms with Gasteiger partial charge < -0.3 is 30.2 Å². The molecule has 5 heterocycles. The summed E-state index contributed by atoms with van der Waals surface area (Å²) in [6, 6.07) is 9.80. The maximum atomic E-state index is 12.8. The molecule has 9 heteroatoms. The second-order valence-electron chi connectivity index (χ2n) is 11.7. The summed E-state index contributed by atoms with van der Waals surface area (Å²) in [5, 5.41) is 0. The predicted octanol–water partition coefficient (Wildman–Crippen LogP) is 3.16. The molecule has 9 nitrogen and oxygen atoms in total. The number of anilines is 3. The molecule has 3 saturated heterocycles. The lowest BCUT2D eigenvalue weighted by Gasteiger charge is -2.38. The zero-order valence-electron chi connectivity index (χ0n) is 23.0. The van der Waals surface area contributed by atoms with Crippen LogP contribution in [0.2, 0.25) is 0 Å². The SMILES string of the molecule is CC1Cc2ccc(C3CCN(C(=O)N4CCCC4)CC3)cc2CN1c1cc(N2CCN(C)CC2)nc(N)n1. The van der Waals surface area contributed by atoms with Crippen LogP contribution in [0.5, 0.6) is 0 Å². The van der Waals surface area contributed by atoms with Crippen molar-refractivity contribution in [1.82, 2.24) is 24.7 Å². The highest BCUT2D eigenvalue weighted by Gasteiger charge is 2.30. The first-order chi connectivity index (χ1) is 18.4. The molecule has 204 valence electrons. The molecule has 0 bridgehead atoms. The second kappa shape index (κ2) is 10.6. The van der Waals surface area contributed by atoms with E-state index in [0.29, 0.717) is 17.9 Å². The molecular formula is C29H42N8O. The number of likely N-dealkylation sites (N-methyl/N-ethyl adjacent to an activating group) is 1. The molecule has 2 aromatic rings. The van der Waals surface area contributed by atoms with E-state index < -0.39 is 0 Å². The monoisotopic (exact) mass is 518 g/mol. The number of amides is 2. The van der Waals surface area contributed by atoms with E-state index in [1.807, 2.05) is 4.90 Å². The summed E-state index contributed by atoms with van der Waals surface area (Å²) in [6.45, 7) is 10.6. The first kappa shape index (κ1) is 25.2. The highest BCUT2D eigenvalue weighted by Crippen LogP contribution is 2.34. The number of piperidine rings is 1. The van der Waals surface area contributed by atoms with Gasteiger partial charge in [-0.1, -0.05) is 18.2 Å². The van der Waals surface area contributed by atoms with Crippen molar-refractivity contribution in [2.75, 3.05) is 74.9 Å². The number of rotatable bonds is 3. The first-order valence-corrected chi connectivity index (χ1v) is 14.4. The molecule has 1 aromatic heterocycles. The number of aromatic nitrogens is 2. The molecule has 3 fully saturated rings. The van der Waals surface area contributed by atoms with Crippen molar-refractivity contribution in [2.45, 2.75) is 57.5 Å². The quantitative estimate of drug-likeness (QED) is 0.668. The van der Waals surface area contributed by atoms with Gasteiger partial charge in [0, 0.05) is 71.0 Å². The van der Waals surface area contributed by atoms with Gasteiger partial charge in [-0.2, -0.15) is 9.97 Å². The number of urea groups is 1. The summed E-state index contributed by atoms with van der Waals surface area (Å²) >= 11 is 0. The van der Waals surface area contributed by atoms with E-state index in [1.165, 1.54) is 16.7 Å². The Bertz CT molecular complexity index is 1150. The van der Waals surface area contributed by atoms with Crippen LogP contribution in [0.1, 0.15) is 55.2 Å². The molecular weight excluding hydrogens is 476 g/mol. The lowest BCUT2D eigenvalue weighted by atomic mass is 9.85. The Morgan fingerprint density at radius 1 is 0.868 bits per heavy atom. The van der Waals surface area contributed by atoms with Gasteiger partial charge in [0.1, 0.15) is 11.6 Å². The van der Waals surface area contributed by atoms with Crippen molar-refractivity contribution < 1.29 is 4.79 Å². The molecule has 0 aliphatic carbocycles. The number of hydrogen-bond donors (Lipinski definition) is 1. The largest absolute Gasteiger partial charge is 0.368 e. The maximum Gasteiger partial charge on any atom is 0.319 e. The summed E-state index contributed by atoms with van der Waals surface area (Å²) in [6.07, 6.45) is 5.36. The summed E-state index contributed by atoms with van der Waals surface area (Å²) in [4.78, 5) is 33.2. The maximum absolute atomic E-state index is 12.8. The number of benzene rings is 1. The van der Waals surface area contributed by atoms with Crippen molar-refractivity contribution in [3.05, 3.63) is 41.0 Å². The molecule has 38 heavy (non-hydrogen) atoms. The zero-order chi connectivity index (χ0) is 26.2. The van der Waals surface area contributed by atoms with E-state index in [1.54, 1.807) is 0 Å². The van der Waals surface area contributed by atoms with Crippen molar-refractivity contribution in [3.63, 3.8) is 0 Å². The molecule has 6 rings (SSSR count). The van der Waals surface area contributed by atoms with Crippen LogP contribution in [0.4, 0.5) is 22.4 Å². The van der Waals surface area contributed by atoms with Gasteiger partial charge in [0.15, 0.2) is 0 Å². The molecule has 2 amide bonds. The highest BCUT2D eigenvalue weighted by atomic mass is 16.2. The zero-order valence-corrected chi connectivity index (χ0v) is 23.0. The lowest BCUT2D eigenvalue weighted by molar-refractivity contribution is 0.148. The highest BCUT2D eigenvalue weighted by molar-refractivity contribution is 5.74. The minimum atomic E-state index is 0.246. The van der Waals surface area contributed by atoms with Gasteiger partial charge in [-0.25, -0.2) is 4.79 Å². The number of nitrogen functional groups attached to an aromatic ring is 1. The van der Waals surface area contributed by atoms with E-state index in [-0.39, 0.29) is 6.03 Å². The standard InChI is InChI=1S/C29H42N8O/c1-21-17-23-5-6-24(22-7-11-36(12-8-22)29(38)35-9-3-4-10-35)18-25(23)20-37(21)27-19-26(31-28(30)32-27)34-15-13-33(2)14-16-34/h5-6,18-19,21-22H,3-4,7-17,20H2,1-2H3,(H2,30,31,32). The number of nitrogens with two attached hydrogens (primary N) is 1. The molecule has 0 saturated carbocycles. The van der Waals surface area contributed by atoms with Crippen LogP contribution in [0.3, 0.4) is 0 Å². The molecule has 0 spiro atoms. The third-order valence-electron chi connectivity index (χ3n) is 9.07. The Balaban J connectivity index is 1.15. The average molecular weight is 519 g/mol. The van der Waals surface area contributed by atoms with Gasteiger partial charge in [-0.3, -0.25) is 0 Å². The van der Waals surface area contributed by atoms with Crippen LogP contribution in [0.25, 0.3) is 0 Å². The molecule has 4 aliphatic heterocycles. The van der Waals surface area contributed by atoms with Crippen LogP contribution < -0.4 is 15.5 Å². The van der Waals surface area contributed by atoms with E-state index >= 15 is 0 Å². The molecule has 2 N–H and O–H groups in total. The van der Waals surface area contributed by atoms with E-state index in [0.717, 1.165) is 103 Å². The smallest absolute Gasteiger partial charge is 0.319 e. The average Bonchev–Trinajstić information content (AvgIpc) is 3.47. The third-order valence-corrected chi connectivity index (χ3v) is 9.07. The topological polar surface area (TPSA) is 85.1 Å². The van der Waals surface area contributed by atoms with E-state index in [9.17, 15) is 4.79 Å². The van der Waals surface area contributed by atoms with Gasteiger partial charge in [0.25, 0.3) is 0 Å². The summed E-state index contributed by atoms with van der Waals surface area (Å²) in [7, 11) is 2.16. The van der Waals surface area contributed by atoms with Gasteiger partial charge in [0.05, 0.1) is 0 Å². The molecule has 1 aromatic carbocycles. The fourth-order valence-corrected chi connectivity index (χ4v) is 6.62. The first-order valence-electron chi connectivity index (χ1n) is 14.4. The van der Waals surface area contributed by atoms with E-state index in [2.05, 4.69) is 67.8 Å². The van der Waals surface area contributed by atoms with Crippen molar-refractivity contribution in [2.24, 2.45) is 0 Å². The van der Waals surface area contributed by atoms with E-state index in [4.69, 9.17) is 5.73 Å². The predicted molar refractivity (Wildman–Crippen MR) is 152 cm³/mol. The number of nitrogens with zero attached hydrogens (tertiary/aromatic N) is 7. The van der Waals surface area contributed by atoms with Crippen LogP contribution in [0.15, 0.2) is 24.3 Å². The number of fused-ring (bicyclic) bond motifs is 1. The number of likely N-dealkylation sites (tertiary alicyclic amines) is 2. The normalized spacial score (nSPS) is 23.2. The second-order valence-corrected chi connectivity index (χ2v) is 11.7. The summed E-state index contributed by atoms with van der Waals surface area (Å²) < 4.78 is 0. The number of hydrogen-bond acceptors (Lipinski definition) is 7. The van der Waals surface area contributed by atoms with Crippen LogP contribution >= 0.6 is 0 Å². The molecule has 1 atom stereocenters. The minimum absolute atomic E-state index is 0.246.